The number of ether oxygens (including phenoxy) is 1. The average Bonchev–Trinajstić information content (AvgIpc) is 2.56. The summed E-state index contributed by atoms with van der Waals surface area (Å²) in [5.74, 6) is 1.86. The van der Waals surface area contributed by atoms with Gasteiger partial charge < -0.3 is 10.1 Å². The van der Waals surface area contributed by atoms with Gasteiger partial charge in [0.1, 0.15) is 11.5 Å². The number of para-hydroxylation sites is 1. The Bertz CT molecular complexity index is 578. The molecular formula is C19H23NO2. The van der Waals surface area contributed by atoms with E-state index in [0.717, 1.165) is 24.3 Å². The van der Waals surface area contributed by atoms with Crippen LogP contribution in [0, 0.1) is 5.92 Å². The van der Waals surface area contributed by atoms with E-state index in [-0.39, 0.29) is 11.8 Å². The van der Waals surface area contributed by atoms with Gasteiger partial charge in [-0.15, -0.1) is 0 Å². The largest absolute Gasteiger partial charge is 0.457 e. The summed E-state index contributed by atoms with van der Waals surface area (Å²) in [6, 6.07) is 17.7. The van der Waals surface area contributed by atoms with Crippen molar-refractivity contribution >= 4 is 5.91 Å². The second-order valence-corrected chi connectivity index (χ2v) is 5.41. The first-order valence-electron chi connectivity index (χ1n) is 7.78. The maximum atomic E-state index is 11.7. The van der Waals surface area contributed by atoms with Crippen LogP contribution >= 0.6 is 0 Å². The van der Waals surface area contributed by atoms with Crippen LogP contribution in [0.1, 0.15) is 25.8 Å². The molecule has 0 radical (unpaired) electrons. The molecule has 0 saturated heterocycles. The molecule has 116 valence electrons. The number of carbonyl (C=O) groups excluding carboxylic acids is 1. The topological polar surface area (TPSA) is 38.3 Å². The third-order valence-corrected chi connectivity index (χ3v) is 3.68. The Kier molecular flexibility index (Phi) is 6.01. The van der Waals surface area contributed by atoms with Gasteiger partial charge in [-0.2, -0.15) is 0 Å². The molecular weight excluding hydrogens is 274 g/mol. The summed E-state index contributed by atoms with van der Waals surface area (Å²) >= 11 is 0. The van der Waals surface area contributed by atoms with Crippen molar-refractivity contribution in [3.8, 4) is 11.5 Å². The summed E-state index contributed by atoms with van der Waals surface area (Å²) in [6.07, 6.45) is 1.70. The lowest BCUT2D eigenvalue weighted by molar-refractivity contribution is -0.124. The van der Waals surface area contributed by atoms with Gasteiger partial charge in [-0.25, -0.2) is 0 Å². The van der Waals surface area contributed by atoms with Gasteiger partial charge in [-0.3, -0.25) is 4.79 Å². The van der Waals surface area contributed by atoms with Gasteiger partial charge in [-0.05, 0) is 42.7 Å². The summed E-state index contributed by atoms with van der Waals surface area (Å²) in [7, 11) is 0. The van der Waals surface area contributed by atoms with Crippen LogP contribution in [0.3, 0.4) is 0 Å². The number of carbonyl (C=O) groups is 1. The Balaban J connectivity index is 1.81. The van der Waals surface area contributed by atoms with Crippen molar-refractivity contribution in [3.63, 3.8) is 0 Å². The molecule has 1 atom stereocenters. The fourth-order valence-corrected chi connectivity index (χ4v) is 2.04. The minimum absolute atomic E-state index is 0.0849. The van der Waals surface area contributed by atoms with E-state index in [0.29, 0.717) is 6.54 Å². The molecule has 1 unspecified atom stereocenters. The molecule has 0 aromatic heterocycles. The SMILES string of the molecule is CCC(C)C(=O)NCCc1ccc(Oc2ccccc2)cc1. The fraction of sp³-hybridized carbons (Fsp3) is 0.316. The monoisotopic (exact) mass is 297 g/mol. The molecule has 22 heavy (non-hydrogen) atoms. The van der Waals surface area contributed by atoms with E-state index in [4.69, 9.17) is 4.74 Å². The highest BCUT2D eigenvalue weighted by Gasteiger charge is 2.08. The molecule has 2 aromatic rings. The van der Waals surface area contributed by atoms with E-state index in [1.165, 1.54) is 5.56 Å². The van der Waals surface area contributed by atoms with Gasteiger partial charge in [0.15, 0.2) is 0 Å². The van der Waals surface area contributed by atoms with Crippen LogP contribution in [0.4, 0.5) is 0 Å². The number of nitrogens with one attached hydrogen (secondary N) is 1. The Morgan fingerprint density at radius 2 is 1.68 bits per heavy atom. The first kappa shape index (κ1) is 16.1. The molecule has 0 fully saturated rings. The summed E-state index contributed by atoms with van der Waals surface area (Å²) in [5.41, 5.74) is 1.19. The van der Waals surface area contributed by atoms with E-state index >= 15 is 0 Å². The second kappa shape index (κ2) is 8.23. The van der Waals surface area contributed by atoms with Gasteiger partial charge in [-0.1, -0.05) is 44.2 Å². The van der Waals surface area contributed by atoms with Gasteiger partial charge >= 0.3 is 0 Å². The number of rotatable bonds is 7. The highest BCUT2D eigenvalue weighted by molar-refractivity contribution is 5.78. The molecule has 0 aliphatic heterocycles. The zero-order valence-electron chi connectivity index (χ0n) is 13.2. The number of amides is 1. The zero-order chi connectivity index (χ0) is 15.8. The first-order valence-corrected chi connectivity index (χ1v) is 7.78. The quantitative estimate of drug-likeness (QED) is 0.832. The lowest BCUT2D eigenvalue weighted by Crippen LogP contribution is -2.30. The van der Waals surface area contributed by atoms with Crippen molar-refractivity contribution < 1.29 is 9.53 Å². The Morgan fingerprint density at radius 1 is 1.05 bits per heavy atom. The number of hydrogen-bond acceptors (Lipinski definition) is 2. The number of benzene rings is 2. The molecule has 0 bridgehead atoms. The number of hydrogen-bond donors (Lipinski definition) is 1. The summed E-state index contributed by atoms with van der Waals surface area (Å²) in [5, 5.41) is 2.97. The van der Waals surface area contributed by atoms with Crippen LogP contribution in [0.15, 0.2) is 54.6 Å². The van der Waals surface area contributed by atoms with Gasteiger partial charge in [0.25, 0.3) is 0 Å². The van der Waals surface area contributed by atoms with Crippen molar-refractivity contribution in [2.24, 2.45) is 5.92 Å². The fourth-order valence-electron chi connectivity index (χ4n) is 2.04. The highest BCUT2D eigenvalue weighted by Crippen LogP contribution is 2.21. The summed E-state index contributed by atoms with van der Waals surface area (Å²) < 4.78 is 5.75. The van der Waals surface area contributed by atoms with Crippen LogP contribution in [0.25, 0.3) is 0 Å². The van der Waals surface area contributed by atoms with E-state index < -0.39 is 0 Å². The van der Waals surface area contributed by atoms with Gasteiger partial charge in [0, 0.05) is 12.5 Å². The van der Waals surface area contributed by atoms with E-state index in [1.807, 2.05) is 68.4 Å². The maximum absolute atomic E-state index is 11.7. The van der Waals surface area contributed by atoms with Crippen LogP contribution in [-0.4, -0.2) is 12.5 Å². The molecule has 1 amide bonds. The van der Waals surface area contributed by atoms with Crippen molar-refractivity contribution in [1.29, 1.82) is 0 Å². The molecule has 0 aliphatic rings. The third-order valence-electron chi connectivity index (χ3n) is 3.68. The predicted octanol–water partition coefficient (Wildman–Crippen LogP) is 4.18. The van der Waals surface area contributed by atoms with Crippen molar-refractivity contribution in [3.05, 3.63) is 60.2 Å². The molecule has 2 aromatic carbocycles. The Hall–Kier alpha value is -2.29. The summed E-state index contributed by atoms with van der Waals surface area (Å²) in [4.78, 5) is 11.7. The van der Waals surface area contributed by atoms with Crippen molar-refractivity contribution in [2.45, 2.75) is 26.7 Å². The summed E-state index contributed by atoms with van der Waals surface area (Å²) in [6.45, 7) is 4.64. The molecule has 3 heteroatoms. The van der Waals surface area contributed by atoms with Crippen LogP contribution in [-0.2, 0) is 11.2 Å². The second-order valence-electron chi connectivity index (χ2n) is 5.41. The molecule has 3 nitrogen and oxygen atoms in total. The molecule has 0 spiro atoms. The van der Waals surface area contributed by atoms with E-state index in [2.05, 4.69) is 5.32 Å². The van der Waals surface area contributed by atoms with Gasteiger partial charge in [0.05, 0.1) is 0 Å². The standard InChI is InChI=1S/C19H23NO2/c1-3-15(2)19(21)20-14-13-16-9-11-18(12-10-16)22-17-7-5-4-6-8-17/h4-12,15H,3,13-14H2,1-2H3,(H,20,21). The molecule has 1 N–H and O–H groups in total. The van der Waals surface area contributed by atoms with E-state index in [1.54, 1.807) is 0 Å². The van der Waals surface area contributed by atoms with Crippen LogP contribution in [0.2, 0.25) is 0 Å². The highest BCUT2D eigenvalue weighted by atomic mass is 16.5. The zero-order valence-corrected chi connectivity index (χ0v) is 13.2. The molecule has 0 heterocycles. The van der Waals surface area contributed by atoms with E-state index in [9.17, 15) is 4.79 Å². The first-order chi connectivity index (χ1) is 10.7. The minimum Gasteiger partial charge on any atom is -0.457 e. The lowest BCUT2D eigenvalue weighted by Gasteiger charge is -2.10. The predicted molar refractivity (Wildman–Crippen MR) is 89.1 cm³/mol. The van der Waals surface area contributed by atoms with Crippen LogP contribution in [0.5, 0.6) is 11.5 Å². The molecule has 0 aliphatic carbocycles. The Morgan fingerprint density at radius 3 is 2.32 bits per heavy atom. The lowest BCUT2D eigenvalue weighted by atomic mass is 10.1. The maximum Gasteiger partial charge on any atom is 0.222 e. The van der Waals surface area contributed by atoms with Crippen molar-refractivity contribution in [1.82, 2.24) is 5.32 Å². The smallest absolute Gasteiger partial charge is 0.222 e. The van der Waals surface area contributed by atoms with Crippen LogP contribution < -0.4 is 10.1 Å². The molecule has 2 rings (SSSR count). The average molecular weight is 297 g/mol. The third kappa shape index (κ3) is 4.92. The minimum atomic E-state index is 0.0849. The molecule has 0 saturated carbocycles. The Labute approximate surface area is 132 Å². The normalized spacial score (nSPS) is 11.7. The van der Waals surface area contributed by atoms with Gasteiger partial charge in [0.2, 0.25) is 5.91 Å². The van der Waals surface area contributed by atoms with Crippen molar-refractivity contribution in [2.75, 3.05) is 6.54 Å².